The smallest absolute Gasteiger partial charge is 0.140 e. The Labute approximate surface area is 140 Å². The number of pyridine rings is 1. The van der Waals surface area contributed by atoms with Gasteiger partial charge in [-0.1, -0.05) is 0 Å². The summed E-state index contributed by atoms with van der Waals surface area (Å²) in [7, 11) is 2.08. The molecule has 1 aliphatic heterocycles. The molecule has 1 saturated heterocycles. The molecule has 0 saturated carbocycles. The van der Waals surface area contributed by atoms with Crippen molar-refractivity contribution in [2.24, 2.45) is 0 Å². The molecule has 1 aliphatic rings. The lowest BCUT2D eigenvalue weighted by Gasteiger charge is -2.45. The zero-order valence-corrected chi connectivity index (χ0v) is 14.0. The second kappa shape index (κ2) is 5.67. The summed E-state index contributed by atoms with van der Waals surface area (Å²) >= 11 is 0. The van der Waals surface area contributed by atoms with Crippen LogP contribution in [0.4, 0.5) is 11.6 Å². The van der Waals surface area contributed by atoms with Crippen LogP contribution in [0.3, 0.4) is 0 Å². The van der Waals surface area contributed by atoms with E-state index in [0.717, 1.165) is 47.1 Å². The van der Waals surface area contributed by atoms with Gasteiger partial charge in [-0.25, -0.2) is 19.9 Å². The van der Waals surface area contributed by atoms with Gasteiger partial charge in [0, 0.05) is 43.5 Å². The average Bonchev–Trinajstić information content (AvgIpc) is 2.52. The summed E-state index contributed by atoms with van der Waals surface area (Å²) in [6.45, 7) is 5.77. The first-order valence-corrected chi connectivity index (χ1v) is 7.96. The molecular formula is C17H19N7. The lowest BCUT2D eigenvalue weighted by molar-refractivity contribution is 0.489. The number of hydrogen-bond acceptors (Lipinski definition) is 7. The Hall–Kier alpha value is -2.83. The second-order valence-corrected chi connectivity index (χ2v) is 6.17. The Bertz CT molecular complexity index is 863. The molecule has 0 radical (unpaired) electrons. The van der Waals surface area contributed by atoms with Crippen LogP contribution >= 0.6 is 0 Å². The maximum absolute atomic E-state index is 4.53. The quantitative estimate of drug-likeness (QED) is 0.728. The van der Waals surface area contributed by atoms with Gasteiger partial charge in [-0.05, 0) is 19.9 Å². The highest BCUT2D eigenvalue weighted by Gasteiger charge is 2.32. The zero-order valence-electron chi connectivity index (χ0n) is 14.0. The summed E-state index contributed by atoms with van der Waals surface area (Å²) in [5, 5.41) is 1.03. The summed E-state index contributed by atoms with van der Waals surface area (Å²) in [4.78, 5) is 26.3. The largest absolute Gasteiger partial charge is 0.353 e. The first-order valence-electron chi connectivity index (χ1n) is 7.96. The number of rotatable bonds is 3. The van der Waals surface area contributed by atoms with Crippen molar-refractivity contribution in [1.29, 1.82) is 0 Å². The van der Waals surface area contributed by atoms with Gasteiger partial charge >= 0.3 is 0 Å². The van der Waals surface area contributed by atoms with Gasteiger partial charge in [0.15, 0.2) is 0 Å². The molecule has 0 bridgehead atoms. The molecule has 122 valence electrons. The Kier molecular flexibility index (Phi) is 3.48. The van der Waals surface area contributed by atoms with Crippen molar-refractivity contribution < 1.29 is 0 Å². The number of nitrogens with zero attached hydrogens (tertiary/aromatic N) is 7. The van der Waals surface area contributed by atoms with Gasteiger partial charge in [0.2, 0.25) is 0 Å². The first kappa shape index (κ1) is 14.7. The van der Waals surface area contributed by atoms with E-state index in [1.54, 1.807) is 18.7 Å². The normalized spacial score (nSPS) is 14.7. The number of fused-ring (bicyclic) bond motifs is 1. The fourth-order valence-corrected chi connectivity index (χ4v) is 3.09. The van der Waals surface area contributed by atoms with Gasteiger partial charge in [0.1, 0.15) is 23.8 Å². The number of likely N-dealkylation sites (N-methyl/N-ethyl adjacent to an activating group) is 1. The van der Waals surface area contributed by atoms with Crippen LogP contribution in [0.1, 0.15) is 11.5 Å². The van der Waals surface area contributed by atoms with Crippen molar-refractivity contribution in [1.82, 2.24) is 24.9 Å². The second-order valence-electron chi connectivity index (χ2n) is 6.17. The fraction of sp³-hybridized carbons (Fsp3) is 0.353. The third-order valence-electron chi connectivity index (χ3n) is 4.44. The maximum atomic E-state index is 4.53. The van der Waals surface area contributed by atoms with E-state index in [1.165, 1.54) is 0 Å². The molecule has 1 fully saturated rings. The maximum Gasteiger partial charge on any atom is 0.140 e. The molecule has 0 spiro atoms. The highest BCUT2D eigenvalue weighted by Crippen LogP contribution is 2.27. The summed E-state index contributed by atoms with van der Waals surface area (Å²) in [6, 6.07) is 4.40. The topological polar surface area (TPSA) is 70.9 Å². The highest BCUT2D eigenvalue weighted by atomic mass is 15.3. The Morgan fingerprint density at radius 3 is 2.79 bits per heavy atom. The molecule has 3 aromatic heterocycles. The Balaban J connectivity index is 1.54. The molecule has 0 unspecified atom stereocenters. The van der Waals surface area contributed by atoms with Crippen LogP contribution in [-0.4, -0.2) is 51.1 Å². The molecule has 7 heteroatoms. The molecule has 0 N–H and O–H groups in total. The van der Waals surface area contributed by atoms with Crippen molar-refractivity contribution in [2.45, 2.75) is 19.9 Å². The predicted octanol–water partition coefficient (Wildman–Crippen LogP) is 1.76. The molecule has 4 rings (SSSR count). The lowest BCUT2D eigenvalue weighted by atomic mass is 10.1. The number of hydrogen-bond donors (Lipinski definition) is 0. The van der Waals surface area contributed by atoms with E-state index in [4.69, 9.17) is 0 Å². The van der Waals surface area contributed by atoms with Gasteiger partial charge in [-0.15, -0.1) is 0 Å². The summed E-state index contributed by atoms with van der Waals surface area (Å²) in [5.74, 6) is 2.76. The predicted molar refractivity (Wildman–Crippen MR) is 93.2 cm³/mol. The van der Waals surface area contributed by atoms with Crippen LogP contribution in [0, 0.1) is 13.8 Å². The molecule has 3 aromatic rings. The van der Waals surface area contributed by atoms with E-state index in [0.29, 0.717) is 6.04 Å². The SMILES string of the molecule is Cc1cc(N2CC(N(C)c3ncnc4cnccc34)C2)nc(C)n1. The molecule has 24 heavy (non-hydrogen) atoms. The molecule has 0 aliphatic carbocycles. The van der Waals surface area contributed by atoms with Gasteiger partial charge < -0.3 is 9.80 Å². The molecule has 0 atom stereocenters. The van der Waals surface area contributed by atoms with Crippen LogP contribution in [0.15, 0.2) is 30.9 Å². The van der Waals surface area contributed by atoms with Gasteiger partial charge in [0.05, 0.1) is 17.8 Å². The van der Waals surface area contributed by atoms with E-state index in [1.807, 2.05) is 26.0 Å². The van der Waals surface area contributed by atoms with Crippen molar-refractivity contribution in [3.8, 4) is 0 Å². The Morgan fingerprint density at radius 1 is 1.17 bits per heavy atom. The minimum atomic E-state index is 0.395. The van der Waals surface area contributed by atoms with E-state index in [-0.39, 0.29) is 0 Å². The minimum absolute atomic E-state index is 0.395. The summed E-state index contributed by atoms with van der Waals surface area (Å²) < 4.78 is 0. The third-order valence-corrected chi connectivity index (χ3v) is 4.44. The molecular weight excluding hydrogens is 302 g/mol. The van der Waals surface area contributed by atoms with Crippen LogP contribution in [0.2, 0.25) is 0 Å². The van der Waals surface area contributed by atoms with Crippen LogP contribution in [0.5, 0.6) is 0 Å². The standard InChI is InChI=1S/C17H19N7/c1-11-6-16(22-12(2)21-11)24-8-13(9-24)23(3)17-14-4-5-18-7-15(14)19-10-20-17/h4-7,10,13H,8-9H2,1-3H3. The summed E-state index contributed by atoms with van der Waals surface area (Å²) in [6.07, 6.45) is 5.15. The monoisotopic (exact) mass is 321 g/mol. The van der Waals surface area contributed by atoms with E-state index < -0.39 is 0 Å². The van der Waals surface area contributed by atoms with E-state index in [2.05, 4.69) is 41.8 Å². The molecule has 4 heterocycles. The van der Waals surface area contributed by atoms with Crippen molar-refractivity contribution in [2.75, 3.05) is 29.9 Å². The van der Waals surface area contributed by atoms with Gasteiger partial charge in [-0.3, -0.25) is 4.98 Å². The molecule has 0 amide bonds. The van der Waals surface area contributed by atoms with Crippen LogP contribution in [0.25, 0.3) is 10.9 Å². The number of aromatic nitrogens is 5. The van der Waals surface area contributed by atoms with Crippen molar-refractivity contribution in [3.05, 3.63) is 42.4 Å². The number of anilines is 2. The van der Waals surface area contributed by atoms with Crippen LogP contribution in [-0.2, 0) is 0 Å². The van der Waals surface area contributed by atoms with Gasteiger partial charge in [-0.2, -0.15) is 0 Å². The third kappa shape index (κ3) is 2.51. The van der Waals surface area contributed by atoms with E-state index >= 15 is 0 Å². The van der Waals surface area contributed by atoms with Crippen molar-refractivity contribution >= 4 is 22.5 Å². The zero-order chi connectivity index (χ0) is 16.7. The first-order chi connectivity index (χ1) is 11.6. The average molecular weight is 321 g/mol. The Morgan fingerprint density at radius 2 is 2.00 bits per heavy atom. The molecule has 0 aromatic carbocycles. The highest BCUT2D eigenvalue weighted by molar-refractivity contribution is 5.88. The fourth-order valence-electron chi connectivity index (χ4n) is 3.09. The van der Waals surface area contributed by atoms with Crippen molar-refractivity contribution in [3.63, 3.8) is 0 Å². The minimum Gasteiger partial charge on any atom is -0.353 e. The molecule has 7 nitrogen and oxygen atoms in total. The van der Waals surface area contributed by atoms with E-state index in [9.17, 15) is 0 Å². The summed E-state index contributed by atoms with van der Waals surface area (Å²) in [5.41, 5.74) is 1.87. The lowest BCUT2D eigenvalue weighted by Crippen LogP contribution is -2.59. The number of aryl methyl sites for hydroxylation is 2. The van der Waals surface area contributed by atoms with Gasteiger partial charge in [0.25, 0.3) is 0 Å². The van der Waals surface area contributed by atoms with Crippen LogP contribution < -0.4 is 9.80 Å².